The Balaban J connectivity index is 1.61. The number of hydrogen-bond donors (Lipinski definition) is 0. The molecule has 1 saturated carbocycles. The molecule has 1 aromatic rings. The molecule has 2 heterocycles. The third-order valence-electron chi connectivity index (χ3n) is 5.27. The van der Waals surface area contributed by atoms with Crippen LogP contribution in [0.1, 0.15) is 12.8 Å². The lowest BCUT2D eigenvalue weighted by molar-refractivity contribution is -0.125. The van der Waals surface area contributed by atoms with Crippen LogP contribution in [0.25, 0.3) is 0 Å². The van der Waals surface area contributed by atoms with Crippen LogP contribution in [0.15, 0.2) is 30.7 Å². The summed E-state index contributed by atoms with van der Waals surface area (Å²) in [6, 6.07) is 0.440. The molecular weight excluding hydrogens is 302 g/mol. The summed E-state index contributed by atoms with van der Waals surface area (Å²) in [5.74, 6) is 2.20. The lowest BCUT2D eigenvalue weighted by Crippen LogP contribution is -2.38. The highest BCUT2D eigenvalue weighted by molar-refractivity contribution is 5.87. The average molecular weight is 329 g/mol. The second-order valence-corrected chi connectivity index (χ2v) is 7.15. The molecule has 0 unspecified atom stereocenters. The average Bonchev–Trinajstić information content (AvgIpc) is 3.15. The van der Waals surface area contributed by atoms with Crippen LogP contribution in [0.5, 0.6) is 0 Å². The van der Waals surface area contributed by atoms with E-state index in [0.29, 0.717) is 17.9 Å². The van der Waals surface area contributed by atoms with Gasteiger partial charge in [0.05, 0.1) is 6.20 Å². The molecule has 1 saturated heterocycles. The summed E-state index contributed by atoms with van der Waals surface area (Å²) >= 11 is 0. The van der Waals surface area contributed by atoms with Gasteiger partial charge in [-0.25, -0.2) is 4.98 Å². The number of rotatable bonds is 5. The summed E-state index contributed by atoms with van der Waals surface area (Å²) in [5, 5.41) is 0. The molecule has 1 aliphatic heterocycles. The molecule has 1 aromatic heterocycles. The number of aromatic nitrogens is 2. The standard InChI is InChI=1S/C18H27N5O/c1-21(2)10-4-5-18(24)23-12-14-6-7-16(15(14)13-23)22(3)17-11-19-8-9-20-17/h4-5,8-9,11,14-16H,6-7,10,12-13H2,1-3H3/b5-4+/t14-,15+,16-/m1/s1. The maximum Gasteiger partial charge on any atom is 0.246 e. The first kappa shape index (κ1) is 16.9. The van der Waals surface area contributed by atoms with Crippen molar-refractivity contribution in [3.05, 3.63) is 30.7 Å². The Morgan fingerprint density at radius 2 is 2.12 bits per heavy atom. The molecule has 0 aromatic carbocycles. The molecule has 24 heavy (non-hydrogen) atoms. The number of carbonyl (C=O) groups is 1. The van der Waals surface area contributed by atoms with Crippen LogP contribution in [-0.4, -0.2) is 72.5 Å². The number of likely N-dealkylation sites (tertiary alicyclic amines) is 1. The van der Waals surface area contributed by atoms with Gasteiger partial charge in [0.15, 0.2) is 0 Å². The van der Waals surface area contributed by atoms with Crippen molar-refractivity contribution in [1.29, 1.82) is 0 Å². The van der Waals surface area contributed by atoms with Crippen molar-refractivity contribution in [1.82, 2.24) is 19.8 Å². The van der Waals surface area contributed by atoms with Crippen molar-refractivity contribution < 1.29 is 4.79 Å². The number of nitrogens with zero attached hydrogens (tertiary/aromatic N) is 5. The first-order valence-corrected chi connectivity index (χ1v) is 8.65. The van der Waals surface area contributed by atoms with Crippen LogP contribution in [0.4, 0.5) is 5.82 Å². The molecule has 6 heteroatoms. The predicted molar refractivity (Wildman–Crippen MR) is 94.7 cm³/mol. The Hall–Kier alpha value is -1.95. The quantitative estimate of drug-likeness (QED) is 0.762. The van der Waals surface area contributed by atoms with Crippen molar-refractivity contribution in [2.75, 3.05) is 45.7 Å². The zero-order chi connectivity index (χ0) is 17.1. The van der Waals surface area contributed by atoms with Crippen molar-refractivity contribution in [2.24, 2.45) is 11.8 Å². The van der Waals surface area contributed by atoms with Gasteiger partial charge in [-0.2, -0.15) is 0 Å². The van der Waals surface area contributed by atoms with E-state index in [9.17, 15) is 4.79 Å². The lowest BCUT2D eigenvalue weighted by Gasteiger charge is -2.30. The molecule has 2 aliphatic rings. The second-order valence-electron chi connectivity index (χ2n) is 7.15. The Kier molecular flexibility index (Phi) is 5.14. The highest BCUT2D eigenvalue weighted by Gasteiger charge is 2.45. The fraction of sp³-hybridized carbons (Fsp3) is 0.611. The van der Waals surface area contributed by atoms with Gasteiger partial charge in [0.2, 0.25) is 5.91 Å². The monoisotopic (exact) mass is 329 g/mol. The topological polar surface area (TPSA) is 52.6 Å². The van der Waals surface area contributed by atoms with E-state index in [1.807, 2.05) is 36.2 Å². The summed E-state index contributed by atoms with van der Waals surface area (Å²) in [4.78, 5) is 27.3. The first-order chi connectivity index (χ1) is 11.6. The van der Waals surface area contributed by atoms with Crippen LogP contribution < -0.4 is 4.90 Å². The van der Waals surface area contributed by atoms with Crippen LogP contribution >= 0.6 is 0 Å². The van der Waals surface area contributed by atoms with E-state index in [0.717, 1.165) is 25.5 Å². The highest BCUT2D eigenvalue weighted by Crippen LogP contribution is 2.41. The van der Waals surface area contributed by atoms with Crippen LogP contribution in [0, 0.1) is 11.8 Å². The molecular formula is C18H27N5O. The summed E-state index contributed by atoms with van der Waals surface area (Å²) in [5.41, 5.74) is 0. The van der Waals surface area contributed by atoms with E-state index in [1.54, 1.807) is 18.5 Å². The molecule has 3 atom stereocenters. The van der Waals surface area contributed by atoms with Gasteiger partial charge in [-0.05, 0) is 32.9 Å². The van der Waals surface area contributed by atoms with E-state index < -0.39 is 0 Å². The predicted octanol–water partition coefficient (Wildman–Crippen LogP) is 1.27. The van der Waals surface area contributed by atoms with E-state index in [-0.39, 0.29) is 5.91 Å². The minimum Gasteiger partial charge on any atom is -0.355 e. The number of likely N-dealkylation sites (N-methyl/N-ethyl adjacent to an activating group) is 1. The molecule has 1 aliphatic carbocycles. The van der Waals surface area contributed by atoms with Gasteiger partial charge in [0.1, 0.15) is 5.82 Å². The maximum absolute atomic E-state index is 12.4. The molecule has 0 bridgehead atoms. The molecule has 1 amide bonds. The first-order valence-electron chi connectivity index (χ1n) is 8.65. The van der Waals surface area contributed by atoms with Crippen molar-refractivity contribution >= 4 is 11.7 Å². The van der Waals surface area contributed by atoms with Gasteiger partial charge in [0, 0.05) is 57.1 Å². The molecule has 130 valence electrons. The van der Waals surface area contributed by atoms with E-state index >= 15 is 0 Å². The fourth-order valence-corrected chi connectivity index (χ4v) is 4.01. The summed E-state index contributed by atoms with van der Waals surface area (Å²) in [7, 11) is 6.10. The van der Waals surface area contributed by atoms with Gasteiger partial charge in [0.25, 0.3) is 0 Å². The second kappa shape index (κ2) is 7.30. The van der Waals surface area contributed by atoms with Gasteiger partial charge < -0.3 is 14.7 Å². The summed E-state index contributed by atoms with van der Waals surface area (Å²) < 4.78 is 0. The van der Waals surface area contributed by atoms with Gasteiger partial charge >= 0.3 is 0 Å². The molecule has 0 radical (unpaired) electrons. The van der Waals surface area contributed by atoms with Crippen molar-refractivity contribution in [3.63, 3.8) is 0 Å². The summed E-state index contributed by atoms with van der Waals surface area (Å²) in [6.07, 6.45) is 11.3. The number of carbonyl (C=O) groups excluding carboxylic acids is 1. The van der Waals surface area contributed by atoms with Crippen LogP contribution in [0.2, 0.25) is 0 Å². The van der Waals surface area contributed by atoms with Crippen LogP contribution in [-0.2, 0) is 4.79 Å². The largest absolute Gasteiger partial charge is 0.355 e. The van der Waals surface area contributed by atoms with Gasteiger partial charge in [-0.1, -0.05) is 6.08 Å². The van der Waals surface area contributed by atoms with E-state index in [4.69, 9.17) is 0 Å². The van der Waals surface area contributed by atoms with Crippen molar-refractivity contribution in [3.8, 4) is 0 Å². The zero-order valence-electron chi connectivity index (χ0n) is 14.8. The third kappa shape index (κ3) is 3.59. The Morgan fingerprint density at radius 3 is 2.83 bits per heavy atom. The maximum atomic E-state index is 12.4. The number of anilines is 1. The van der Waals surface area contributed by atoms with Gasteiger partial charge in [-0.3, -0.25) is 9.78 Å². The van der Waals surface area contributed by atoms with E-state index in [1.165, 1.54) is 12.8 Å². The third-order valence-corrected chi connectivity index (χ3v) is 5.27. The Bertz CT molecular complexity index is 588. The number of hydrogen-bond acceptors (Lipinski definition) is 5. The highest BCUT2D eigenvalue weighted by atomic mass is 16.2. The van der Waals surface area contributed by atoms with E-state index in [2.05, 4.69) is 21.9 Å². The Labute approximate surface area is 144 Å². The number of amides is 1. The fourth-order valence-electron chi connectivity index (χ4n) is 4.01. The minimum atomic E-state index is 0.146. The molecule has 2 fully saturated rings. The van der Waals surface area contributed by atoms with Crippen molar-refractivity contribution in [2.45, 2.75) is 18.9 Å². The normalized spacial score (nSPS) is 26.3. The SMILES string of the molecule is CN(C)C/C=C/C(=O)N1C[C@H]2CC[C@@H](N(C)c3cnccn3)[C@H]2C1. The lowest BCUT2D eigenvalue weighted by atomic mass is 9.97. The zero-order valence-corrected chi connectivity index (χ0v) is 14.8. The molecule has 3 rings (SSSR count). The van der Waals surface area contributed by atoms with Crippen LogP contribution in [0.3, 0.4) is 0 Å². The Morgan fingerprint density at radius 1 is 1.29 bits per heavy atom. The smallest absolute Gasteiger partial charge is 0.246 e. The molecule has 0 N–H and O–H groups in total. The van der Waals surface area contributed by atoms with Gasteiger partial charge in [-0.15, -0.1) is 0 Å². The minimum absolute atomic E-state index is 0.146. The number of fused-ring (bicyclic) bond motifs is 1. The molecule has 6 nitrogen and oxygen atoms in total. The summed E-state index contributed by atoms with van der Waals surface area (Å²) in [6.45, 7) is 2.54. The molecule has 0 spiro atoms.